The quantitative estimate of drug-likeness (QED) is 0.438. The highest BCUT2D eigenvalue weighted by molar-refractivity contribution is 5.80. The number of guanidine groups is 1. The van der Waals surface area contributed by atoms with Gasteiger partial charge in [0.05, 0.1) is 19.8 Å². The molecule has 5 heteroatoms. The van der Waals surface area contributed by atoms with Crippen LogP contribution in [0.3, 0.4) is 0 Å². The summed E-state index contributed by atoms with van der Waals surface area (Å²) in [5.74, 6) is 2.44. The molecule has 1 saturated heterocycles. The molecule has 26 heavy (non-hydrogen) atoms. The Morgan fingerprint density at radius 1 is 1.15 bits per heavy atom. The summed E-state index contributed by atoms with van der Waals surface area (Å²) in [4.78, 5) is 6.88. The van der Waals surface area contributed by atoms with Gasteiger partial charge in [0.1, 0.15) is 0 Å². The molecule has 0 bridgehead atoms. The number of likely N-dealkylation sites (tertiary alicyclic amines) is 1. The lowest BCUT2D eigenvalue weighted by Crippen LogP contribution is -2.48. The van der Waals surface area contributed by atoms with Crippen LogP contribution in [0.1, 0.15) is 38.3 Å². The molecule has 1 aromatic rings. The number of hydrogen-bond donors (Lipinski definition) is 1. The van der Waals surface area contributed by atoms with Gasteiger partial charge in [-0.25, -0.2) is 0 Å². The van der Waals surface area contributed by atoms with E-state index < -0.39 is 0 Å². The van der Waals surface area contributed by atoms with Crippen LogP contribution in [-0.2, 0) is 22.6 Å². The van der Waals surface area contributed by atoms with Crippen LogP contribution in [-0.4, -0.2) is 50.8 Å². The van der Waals surface area contributed by atoms with Crippen molar-refractivity contribution in [1.29, 1.82) is 0 Å². The number of aliphatic imine (C=N–C) groups is 1. The van der Waals surface area contributed by atoms with Crippen LogP contribution in [0.5, 0.6) is 0 Å². The summed E-state index contributed by atoms with van der Waals surface area (Å²) in [6, 6.07) is 8.53. The molecule has 1 N–H and O–H groups in total. The predicted octanol–water partition coefficient (Wildman–Crippen LogP) is 3.29. The third-order valence-electron chi connectivity index (χ3n) is 4.67. The SMILES string of the molecule is CCOCCOCc1cccc(CNC(=NC)N2CC(C)CC(C)C2)c1. The molecule has 1 aliphatic heterocycles. The van der Waals surface area contributed by atoms with Gasteiger partial charge in [-0.05, 0) is 36.3 Å². The van der Waals surface area contributed by atoms with E-state index in [1.807, 2.05) is 14.0 Å². The van der Waals surface area contributed by atoms with E-state index in [-0.39, 0.29) is 0 Å². The number of nitrogens with one attached hydrogen (secondary N) is 1. The van der Waals surface area contributed by atoms with Gasteiger partial charge in [-0.3, -0.25) is 4.99 Å². The summed E-state index contributed by atoms with van der Waals surface area (Å²) in [7, 11) is 1.87. The lowest BCUT2D eigenvalue weighted by Gasteiger charge is -2.37. The van der Waals surface area contributed by atoms with Gasteiger partial charge in [0.25, 0.3) is 0 Å². The second-order valence-corrected chi connectivity index (χ2v) is 7.32. The third-order valence-corrected chi connectivity index (χ3v) is 4.67. The van der Waals surface area contributed by atoms with E-state index in [0.29, 0.717) is 19.8 Å². The number of rotatable bonds is 8. The minimum atomic E-state index is 0.622. The highest BCUT2D eigenvalue weighted by Gasteiger charge is 2.23. The van der Waals surface area contributed by atoms with Crippen LogP contribution in [0.4, 0.5) is 0 Å². The van der Waals surface area contributed by atoms with Crippen molar-refractivity contribution in [3.8, 4) is 0 Å². The zero-order valence-corrected chi connectivity index (χ0v) is 16.8. The lowest BCUT2D eigenvalue weighted by atomic mass is 9.92. The molecule has 0 spiro atoms. The van der Waals surface area contributed by atoms with E-state index in [0.717, 1.165) is 44.0 Å². The number of piperidine rings is 1. The zero-order valence-electron chi connectivity index (χ0n) is 16.8. The molecule has 0 aliphatic carbocycles. The molecular formula is C21H35N3O2. The summed E-state index contributed by atoms with van der Waals surface area (Å²) in [5.41, 5.74) is 2.44. The van der Waals surface area contributed by atoms with E-state index in [9.17, 15) is 0 Å². The fourth-order valence-corrected chi connectivity index (χ4v) is 3.63. The second-order valence-electron chi connectivity index (χ2n) is 7.32. The van der Waals surface area contributed by atoms with Crippen LogP contribution in [0, 0.1) is 11.8 Å². The van der Waals surface area contributed by atoms with Crippen molar-refractivity contribution in [2.75, 3.05) is 40.0 Å². The number of ether oxygens (including phenoxy) is 2. The molecule has 2 atom stereocenters. The maximum absolute atomic E-state index is 5.66. The van der Waals surface area contributed by atoms with Crippen molar-refractivity contribution < 1.29 is 9.47 Å². The molecule has 5 nitrogen and oxygen atoms in total. The standard InChI is InChI=1S/C21H35N3O2/c1-5-25-9-10-26-16-20-8-6-7-19(12-20)13-23-21(22-4)24-14-17(2)11-18(3)15-24/h6-8,12,17-18H,5,9-11,13-16H2,1-4H3,(H,22,23). The third kappa shape index (κ3) is 6.96. The fourth-order valence-electron chi connectivity index (χ4n) is 3.63. The molecule has 0 saturated carbocycles. The first-order chi connectivity index (χ1) is 12.6. The van der Waals surface area contributed by atoms with Crippen LogP contribution in [0.2, 0.25) is 0 Å². The average Bonchev–Trinajstić information content (AvgIpc) is 2.62. The first-order valence-corrected chi connectivity index (χ1v) is 9.81. The normalized spacial score (nSPS) is 21.1. The molecular weight excluding hydrogens is 326 g/mol. The molecule has 1 aliphatic rings. The highest BCUT2D eigenvalue weighted by atomic mass is 16.5. The molecule has 0 aromatic heterocycles. The van der Waals surface area contributed by atoms with Gasteiger partial charge in [0.15, 0.2) is 5.96 Å². The van der Waals surface area contributed by atoms with Gasteiger partial charge in [-0.1, -0.05) is 38.1 Å². The first kappa shape index (κ1) is 20.7. The fraction of sp³-hybridized carbons (Fsp3) is 0.667. The van der Waals surface area contributed by atoms with Crippen LogP contribution in [0.15, 0.2) is 29.3 Å². The van der Waals surface area contributed by atoms with Gasteiger partial charge in [-0.2, -0.15) is 0 Å². The topological polar surface area (TPSA) is 46.1 Å². The maximum Gasteiger partial charge on any atom is 0.193 e. The van der Waals surface area contributed by atoms with Crippen LogP contribution >= 0.6 is 0 Å². The van der Waals surface area contributed by atoms with E-state index in [1.165, 1.54) is 17.5 Å². The molecule has 2 unspecified atom stereocenters. The molecule has 146 valence electrons. The van der Waals surface area contributed by atoms with E-state index in [2.05, 4.69) is 53.3 Å². The molecule has 1 fully saturated rings. The number of hydrogen-bond acceptors (Lipinski definition) is 3. The molecule has 1 heterocycles. The van der Waals surface area contributed by atoms with Crippen molar-refractivity contribution in [3.05, 3.63) is 35.4 Å². The van der Waals surface area contributed by atoms with Crippen LogP contribution < -0.4 is 5.32 Å². The van der Waals surface area contributed by atoms with Gasteiger partial charge in [-0.15, -0.1) is 0 Å². The van der Waals surface area contributed by atoms with Crippen molar-refractivity contribution in [3.63, 3.8) is 0 Å². The van der Waals surface area contributed by atoms with Gasteiger partial charge >= 0.3 is 0 Å². The van der Waals surface area contributed by atoms with Crippen molar-refractivity contribution in [2.24, 2.45) is 16.8 Å². The summed E-state index contributed by atoms with van der Waals surface area (Å²) in [6.07, 6.45) is 1.30. The summed E-state index contributed by atoms with van der Waals surface area (Å²) < 4.78 is 11.0. The Morgan fingerprint density at radius 3 is 2.54 bits per heavy atom. The Bertz CT molecular complexity index is 552. The highest BCUT2D eigenvalue weighted by Crippen LogP contribution is 2.21. The molecule has 1 aromatic carbocycles. The van der Waals surface area contributed by atoms with Crippen LogP contribution in [0.25, 0.3) is 0 Å². The molecule has 2 rings (SSSR count). The average molecular weight is 362 g/mol. The second kappa shape index (κ2) is 11.2. The van der Waals surface area contributed by atoms with Crippen molar-refractivity contribution in [1.82, 2.24) is 10.2 Å². The maximum atomic E-state index is 5.66. The van der Waals surface area contributed by atoms with Gasteiger partial charge < -0.3 is 19.7 Å². The Hall–Kier alpha value is -1.59. The minimum Gasteiger partial charge on any atom is -0.379 e. The summed E-state index contributed by atoms with van der Waals surface area (Å²) >= 11 is 0. The predicted molar refractivity (Wildman–Crippen MR) is 107 cm³/mol. The minimum absolute atomic E-state index is 0.622. The largest absolute Gasteiger partial charge is 0.379 e. The van der Waals surface area contributed by atoms with E-state index in [4.69, 9.17) is 9.47 Å². The number of benzene rings is 1. The Morgan fingerprint density at radius 2 is 1.85 bits per heavy atom. The van der Waals surface area contributed by atoms with E-state index >= 15 is 0 Å². The summed E-state index contributed by atoms with van der Waals surface area (Å²) in [6.45, 7) is 12.2. The number of nitrogens with zero attached hydrogens (tertiary/aromatic N) is 2. The Kier molecular flexibility index (Phi) is 8.92. The van der Waals surface area contributed by atoms with Gasteiger partial charge in [0, 0.05) is 33.3 Å². The summed E-state index contributed by atoms with van der Waals surface area (Å²) in [5, 5.41) is 3.52. The van der Waals surface area contributed by atoms with Crippen molar-refractivity contribution >= 4 is 5.96 Å². The lowest BCUT2D eigenvalue weighted by molar-refractivity contribution is 0.0453. The Balaban J connectivity index is 1.83. The van der Waals surface area contributed by atoms with E-state index in [1.54, 1.807) is 0 Å². The first-order valence-electron chi connectivity index (χ1n) is 9.81. The van der Waals surface area contributed by atoms with Crippen molar-refractivity contribution in [2.45, 2.75) is 40.3 Å². The van der Waals surface area contributed by atoms with Gasteiger partial charge in [0.2, 0.25) is 0 Å². The molecule has 0 amide bonds. The zero-order chi connectivity index (χ0) is 18.8. The molecule has 0 radical (unpaired) electrons. The Labute approximate surface area is 158 Å². The smallest absolute Gasteiger partial charge is 0.193 e. The monoisotopic (exact) mass is 361 g/mol.